The third-order valence-electron chi connectivity index (χ3n) is 2.99. The molecule has 0 unspecified atom stereocenters. The number of aromatic nitrogens is 1. The Morgan fingerprint density at radius 2 is 1.84 bits per heavy atom. The second kappa shape index (κ2) is 6.34. The highest BCUT2D eigenvalue weighted by Crippen LogP contribution is 2.25. The number of nitrogens with two attached hydrogens (primary N) is 1. The van der Waals surface area contributed by atoms with E-state index in [-0.39, 0.29) is 0 Å². The SMILES string of the molecule is CCc1nc(C)ccc1Oc1ccc(CCN)cc1. The molecule has 3 heteroatoms. The van der Waals surface area contributed by atoms with E-state index in [0.29, 0.717) is 6.54 Å². The average molecular weight is 256 g/mol. The Kier molecular flexibility index (Phi) is 4.53. The van der Waals surface area contributed by atoms with Crippen molar-refractivity contribution >= 4 is 0 Å². The molecule has 2 aromatic rings. The predicted octanol–water partition coefficient (Wildman–Crippen LogP) is 3.25. The van der Waals surface area contributed by atoms with Gasteiger partial charge in [-0.1, -0.05) is 19.1 Å². The minimum absolute atomic E-state index is 0.669. The maximum absolute atomic E-state index is 5.89. The van der Waals surface area contributed by atoms with Gasteiger partial charge in [-0.3, -0.25) is 4.98 Å². The molecule has 0 saturated heterocycles. The third kappa shape index (κ3) is 3.55. The average Bonchev–Trinajstić information content (AvgIpc) is 2.43. The molecular formula is C16H20N2O. The van der Waals surface area contributed by atoms with Gasteiger partial charge in [0.25, 0.3) is 0 Å². The fraction of sp³-hybridized carbons (Fsp3) is 0.312. The first-order valence-electron chi connectivity index (χ1n) is 6.66. The highest BCUT2D eigenvalue weighted by Gasteiger charge is 2.05. The largest absolute Gasteiger partial charge is 0.455 e. The molecule has 2 rings (SSSR count). The van der Waals surface area contributed by atoms with Crippen molar-refractivity contribution < 1.29 is 4.74 Å². The minimum Gasteiger partial charge on any atom is -0.455 e. The fourth-order valence-electron chi connectivity index (χ4n) is 1.96. The summed E-state index contributed by atoms with van der Waals surface area (Å²) in [4.78, 5) is 4.49. The number of hydrogen-bond donors (Lipinski definition) is 1. The van der Waals surface area contributed by atoms with Gasteiger partial charge in [-0.25, -0.2) is 0 Å². The van der Waals surface area contributed by atoms with Gasteiger partial charge in [0.2, 0.25) is 0 Å². The number of nitrogens with zero attached hydrogens (tertiary/aromatic N) is 1. The van der Waals surface area contributed by atoms with Crippen molar-refractivity contribution in [1.82, 2.24) is 4.98 Å². The monoisotopic (exact) mass is 256 g/mol. The molecule has 1 aromatic carbocycles. The van der Waals surface area contributed by atoms with E-state index in [4.69, 9.17) is 10.5 Å². The zero-order valence-electron chi connectivity index (χ0n) is 11.5. The standard InChI is InChI=1S/C16H20N2O/c1-3-15-16(9-4-12(2)18-15)19-14-7-5-13(6-8-14)10-11-17/h4-9H,3,10-11,17H2,1-2H3. The summed E-state index contributed by atoms with van der Waals surface area (Å²) in [5, 5.41) is 0. The van der Waals surface area contributed by atoms with Crippen LogP contribution in [0.25, 0.3) is 0 Å². The van der Waals surface area contributed by atoms with E-state index < -0.39 is 0 Å². The molecule has 0 fully saturated rings. The molecule has 0 spiro atoms. The maximum Gasteiger partial charge on any atom is 0.148 e. The van der Waals surface area contributed by atoms with Crippen LogP contribution in [0.4, 0.5) is 0 Å². The quantitative estimate of drug-likeness (QED) is 0.893. The summed E-state index contributed by atoms with van der Waals surface area (Å²) in [6.45, 7) is 4.74. The van der Waals surface area contributed by atoms with E-state index in [2.05, 4.69) is 24.0 Å². The molecule has 100 valence electrons. The number of pyridine rings is 1. The lowest BCUT2D eigenvalue weighted by molar-refractivity contribution is 0.472. The van der Waals surface area contributed by atoms with Crippen LogP contribution in [0.1, 0.15) is 23.9 Å². The zero-order chi connectivity index (χ0) is 13.7. The molecule has 19 heavy (non-hydrogen) atoms. The lowest BCUT2D eigenvalue weighted by atomic mass is 10.1. The Bertz CT molecular complexity index is 535. The van der Waals surface area contributed by atoms with Crippen LogP contribution in [-0.2, 0) is 12.8 Å². The topological polar surface area (TPSA) is 48.1 Å². The van der Waals surface area contributed by atoms with E-state index in [9.17, 15) is 0 Å². The molecule has 1 aromatic heterocycles. The molecule has 0 radical (unpaired) electrons. The Morgan fingerprint density at radius 3 is 2.47 bits per heavy atom. The van der Waals surface area contributed by atoms with E-state index in [0.717, 1.165) is 35.7 Å². The van der Waals surface area contributed by atoms with Crippen LogP contribution >= 0.6 is 0 Å². The highest BCUT2D eigenvalue weighted by molar-refractivity contribution is 5.36. The lowest BCUT2D eigenvalue weighted by Crippen LogP contribution is -2.02. The van der Waals surface area contributed by atoms with Gasteiger partial charge in [-0.15, -0.1) is 0 Å². The van der Waals surface area contributed by atoms with Crippen LogP contribution in [0, 0.1) is 6.92 Å². The molecule has 0 atom stereocenters. The van der Waals surface area contributed by atoms with Crippen LogP contribution < -0.4 is 10.5 Å². The second-order valence-electron chi connectivity index (χ2n) is 4.54. The molecular weight excluding hydrogens is 236 g/mol. The number of ether oxygens (including phenoxy) is 1. The van der Waals surface area contributed by atoms with Crippen molar-refractivity contribution in [2.24, 2.45) is 5.73 Å². The first-order valence-corrected chi connectivity index (χ1v) is 6.66. The summed E-state index contributed by atoms with van der Waals surface area (Å²) in [5.41, 5.74) is 8.77. The minimum atomic E-state index is 0.669. The number of benzene rings is 1. The summed E-state index contributed by atoms with van der Waals surface area (Å²) in [6.07, 6.45) is 1.76. The van der Waals surface area contributed by atoms with Crippen LogP contribution in [0.2, 0.25) is 0 Å². The van der Waals surface area contributed by atoms with E-state index in [1.54, 1.807) is 0 Å². The molecule has 0 aliphatic heterocycles. The summed E-state index contributed by atoms with van der Waals surface area (Å²) < 4.78 is 5.89. The highest BCUT2D eigenvalue weighted by atomic mass is 16.5. The van der Waals surface area contributed by atoms with Crippen LogP contribution in [0.5, 0.6) is 11.5 Å². The molecule has 2 N–H and O–H groups in total. The van der Waals surface area contributed by atoms with Crippen LogP contribution in [0.3, 0.4) is 0 Å². The van der Waals surface area contributed by atoms with E-state index >= 15 is 0 Å². The summed E-state index contributed by atoms with van der Waals surface area (Å²) in [5.74, 6) is 1.67. The predicted molar refractivity (Wildman–Crippen MR) is 77.6 cm³/mol. The Hall–Kier alpha value is -1.87. The van der Waals surface area contributed by atoms with Crippen molar-refractivity contribution in [3.63, 3.8) is 0 Å². The molecule has 0 bridgehead atoms. The normalized spacial score (nSPS) is 10.5. The molecule has 3 nitrogen and oxygen atoms in total. The van der Waals surface area contributed by atoms with Crippen molar-refractivity contribution in [3.05, 3.63) is 53.3 Å². The summed E-state index contributed by atoms with van der Waals surface area (Å²) in [7, 11) is 0. The van der Waals surface area contributed by atoms with Gasteiger partial charge in [-0.2, -0.15) is 0 Å². The molecule has 0 amide bonds. The molecule has 0 aliphatic carbocycles. The number of hydrogen-bond acceptors (Lipinski definition) is 3. The van der Waals surface area contributed by atoms with Crippen molar-refractivity contribution in [1.29, 1.82) is 0 Å². The Balaban J connectivity index is 2.16. The van der Waals surface area contributed by atoms with Gasteiger partial charge in [0, 0.05) is 5.69 Å². The van der Waals surface area contributed by atoms with Crippen LogP contribution in [-0.4, -0.2) is 11.5 Å². The molecule has 0 saturated carbocycles. The Labute approximate surface area is 114 Å². The van der Waals surface area contributed by atoms with Crippen molar-refractivity contribution in [2.75, 3.05) is 6.54 Å². The number of rotatable bonds is 5. The van der Waals surface area contributed by atoms with Crippen molar-refractivity contribution in [3.8, 4) is 11.5 Å². The van der Waals surface area contributed by atoms with Crippen molar-refractivity contribution in [2.45, 2.75) is 26.7 Å². The van der Waals surface area contributed by atoms with Gasteiger partial charge >= 0.3 is 0 Å². The third-order valence-corrected chi connectivity index (χ3v) is 2.99. The smallest absolute Gasteiger partial charge is 0.148 e. The Morgan fingerprint density at radius 1 is 1.11 bits per heavy atom. The molecule has 1 heterocycles. The summed E-state index contributed by atoms with van der Waals surface area (Å²) >= 11 is 0. The lowest BCUT2D eigenvalue weighted by Gasteiger charge is -2.10. The van der Waals surface area contributed by atoms with Gasteiger partial charge in [0.1, 0.15) is 11.5 Å². The van der Waals surface area contributed by atoms with Gasteiger partial charge in [0.05, 0.1) is 5.69 Å². The van der Waals surface area contributed by atoms with Gasteiger partial charge < -0.3 is 10.5 Å². The zero-order valence-corrected chi connectivity index (χ0v) is 11.5. The molecule has 0 aliphatic rings. The maximum atomic E-state index is 5.89. The second-order valence-corrected chi connectivity index (χ2v) is 4.54. The van der Waals surface area contributed by atoms with Gasteiger partial charge in [-0.05, 0) is 56.1 Å². The summed E-state index contributed by atoms with van der Waals surface area (Å²) in [6, 6.07) is 12.0. The van der Waals surface area contributed by atoms with Crippen LogP contribution in [0.15, 0.2) is 36.4 Å². The van der Waals surface area contributed by atoms with Gasteiger partial charge in [0.15, 0.2) is 0 Å². The first kappa shape index (κ1) is 13.6. The van der Waals surface area contributed by atoms with E-state index in [1.165, 1.54) is 5.56 Å². The fourth-order valence-corrected chi connectivity index (χ4v) is 1.96. The number of aryl methyl sites for hydroxylation is 2. The first-order chi connectivity index (χ1) is 9.22. The van der Waals surface area contributed by atoms with E-state index in [1.807, 2.05) is 31.2 Å².